The molecule has 0 spiro atoms. The van der Waals surface area contributed by atoms with Gasteiger partial charge in [-0.15, -0.1) is 0 Å². The van der Waals surface area contributed by atoms with E-state index in [-0.39, 0.29) is 30.7 Å². The number of benzene rings is 2. The first-order valence-electron chi connectivity index (χ1n) is 11.3. The Balaban J connectivity index is 1.94. The monoisotopic (exact) mass is 505 g/mol. The molecule has 2 aromatic carbocycles. The molecule has 0 aliphatic carbocycles. The Labute approximate surface area is 205 Å². The van der Waals surface area contributed by atoms with Crippen LogP contribution in [0.4, 0.5) is 5.69 Å². The van der Waals surface area contributed by atoms with Gasteiger partial charge in [-0.2, -0.15) is 0 Å². The van der Waals surface area contributed by atoms with E-state index < -0.39 is 28.5 Å². The topological polar surface area (TPSA) is 114 Å². The Kier molecular flexibility index (Phi) is 8.44. The van der Waals surface area contributed by atoms with Crippen LogP contribution < -0.4 is 23.8 Å². The molecular formula is C24H31N3O7S. The maximum atomic E-state index is 13.6. The fraction of sp³-hybridized carbons (Fsp3) is 0.417. The summed E-state index contributed by atoms with van der Waals surface area (Å²) >= 11 is 0. The lowest BCUT2D eigenvalue weighted by molar-refractivity contribution is -0.139. The SMILES string of the molecule is CCNC(=O)[C@H](C)N(Cc1cccc(OC)c1)C(=O)CN(c1ccc2c(c1)OCO2)S(=O)(=O)CC. The van der Waals surface area contributed by atoms with Gasteiger partial charge in [0.2, 0.25) is 28.6 Å². The van der Waals surface area contributed by atoms with Crippen LogP contribution in [0.25, 0.3) is 0 Å². The van der Waals surface area contributed by atoms with E-state index >= 15 is 0 Å². The molecule has 2 amide bonds. The van der Waals surface area contributed by atoms with Gasteiger partial charge in [0.15, 0.2) is 11.5 Å². The predicted molar refractivity (Wildman–Crippen MR) is 131 cm³/mol. The number of likely N-dealkylation sites (N-methyl/N-ethyl adjacent to an activating group) is 1. The fourth-order valence-electron chi connectivity index (χ4n) is 3.63. The third-order valence-corrected chi connectivity index (χ3v) is 7.37. The number of carbonyl (C=O) groups is 2. The second-order valence-electron chi connectivity index (χ2n) is 7.89. The maximum absolute atomic E-state index is 13.6. The first kappa shape index (κ1) is 26.1. The van der Waals surface area contributed by atoms with Crippen LogP contribution in [0.2, 0.25) is 0 Å². The summed E-state index contributed by atoms with van der Waals surface area (Å²) in [6, 6.07) is 11.0. The van der Waals surface area contributed by atoms with Crippen molar-refractivity contribution < 1.29 is 32.2 Å². The molecule has 0 radical (unpaired) electrons. The van der Waals surface area contributed by atoms with Gasteiger partial charge in [0.1, 0.15) is 18.3 Å². The standard InChI is InChI=1S/C24H31N3O7S/c1-5-25-24(29)17(3)26(14-18-8-7-9-20(12-18)32-4)23(28)15-27(35(30,31)6-2)19-10-11-21-22(13-19)34-16-33-21/h7-13,17H,5-6,14-16H2,1-4H3,(H,25,29)/t17-/m0/s1. The van der Waals surface area contributed by atoms with Crippen LogP contribution >= 0.6 is 0 Å². The summed E-state index contributed by atoms with van der Waals surface area (Å²) in [4.78, 5) is 27.6. The molecule has 0 saturated heterocycles. The van der Waals surface area contributed by atoms with Crippen LogP contribution in [0, 0.1) is 0 Å². The molecule has 0 aromatic heterocycles. The van der Waals surface area contributed by atoms with Crippen molar-refractivity contribution in [2.75, 3.05) is 37.1 Å². The molecule has 3 rings (SSSR count). The molecule has 0 fully saturated rings. The van der Waals surface area contributed by atoms with E-state index in [1.54, 1.807) is 44.2 Å². The Morgan fingerprint density at radius 1 is 1.11 bits per heavy atom. The van der Waals surface area contributed by atoms with Gasteiger partial charge in [0.25, 0.3) is 0 Å². The van der Waals surface area contributed by atoms with E-state index in [4.69, 9.17) is 14.2 Å². The number of carbonyl (C=O) groups excluding carboxylic acids is 2. The number of amides is 2. The van der Waals surface area contributed by atoms with E-state index in [1.165, 1.54) is 25.0 Å². The van der Waals surface area contributed by atoms with Gasteiger partial charge >= 0.3 is 0 Å². The average Bonchev–Trinajstić information content (AvgIpc) is 3.33. The van der Waals surface area contributed by atoms with Gasteiger partial charge < -0.3 is 24.4 Å². The number of sulfonamides is 1. The van der Waals surface area contributed by atoms with Crippen LogP contribution in [0.1, 0.15) is 26.3 Å². The minimum atomic E-state index is -3.83. The zero-order valence-electron chi connectivity index (χ0n) is 20.3. The van der Waals surface area contributed by atoms with Crippen molar-refractivity contribution in [3.63, 3.8) is 0 Å². The summed E-state index contributed by atoms with van der Waals surface area (Å²) in [6.07, 6.45) is 0. The normalized spacial score (nSPS) is 13.1. The van der Waals surface area contributed by atoms with E-state index in [2.05, 4.69) is 5.32 Å². The number of nitrogens with zero attached hydrogens (tertiary/aromatic N) is 2. The van der Waals surface area contributed by atoms with E-state index in [0.717, 1.165) is 9.87 Å². The number of nitrogens with one attached hydrogen (secondary N) is 1. The fourth-order valence-corrected chi connectivity index (χ4v) is 4.69. The summed E-state index contributed by atoms with van der Waals surface area (Å²) in [5.41, 5.74) is 1.01. The minimum Gasteiger partial charge on any atom is -0.497 e. The highest BCUT2D eigenvalue weighted by Crippen LogP contribution is 2.36. The highest BCUT2D eigenvalue weighted by atomic mass is 32.2. The number of anilines is 1. The number of methoxy groups -OCH3 is 1. The minimum absolute atomic E-state index is 0.0383. The van der Waals surface area contributed by atoms with Crippen LogP contribution in [0.5, 0.6) is 17.2 Å². The first-order chi connectivity index (χ1) is 16.7. The lowest BCUT2D eigenvalue weighted by atomic mass is 10.1. The van der Waals surface area contributed by atoms with Gasteiger partial charge in [-0.3, -0.25) is 13.9 Å². The van der Waals surface area contributed by atoms with Crippen LogP contribution in [0.15, 0.2) is 42.5 Å². The van der Waals surface area contributed by atoms with E-state index in [0.29, 0.717) is 23.8 Å². The summed E-state index contributed by atoms with van der Waals surface area (Å²) in [5.74, 6) is 0.430. The van der Waals surface area contributed by atoms with Crippen molar-refractivity contribution >= 4 is 27.5 Å². The summed E-state index contributed by atoms with van der Waals surface area (Å²) in [7, 11) is -2.29. The van der Waals surface area contributed by atoms with Crippen LogP contribution in [0.3, 0.4) is 0 Å². The van der Waals surface area contributed by atoms with Crippen molar-refractivity contribution in [1.82, 2.24) is 10.2 Å². The van der Waals surface area contributed by atoms with Crippen molar-refractivity contribution in [2.45, 2.75) is 33.4 Å². The molecule has 10 nitrogen and oxygen atoms in total. The van der Waals surface area contributed by atoms with Gasteiger partial charge in [0.05, 0.1) is 18.6 Å². The number of ether oxygens (including phenoxy) is 3. The largest absolute Gasteiger partial charge is 0.497 e. The first-order valence-corrected chi connectivity index (χ1v) is 12.9. The molecule has 0 bridgehead atoms. The summed E-state index contributed by atoms with van der Waals surface area (Å²) < 4.78 is 43.0. The Bertz CT molecular complexity index is 1170. The van der Waals surface area contributed by atoms with Crippen LogP contribution in [-0.4, -0.2) is 63.9 Å². The number of hydrogen-bond donors (Lipinski definition) is 1. The highest BCUT2D eigenvalue weighted by molar-refractivity contribution is 7.92. The summed E-state index contributed by atoms with van der Waals surface area (Å²) in [5, 5.41) is 2.72. The zero-order chi connectivity index (χ0) is 25.6. The maximum Gasteiger partial charge on any atom is 0.244 e. The second-order valence-corrected chi connectivity index (χ2v) is 10.1. The van der Waals surface area contributed by atoms with Gasteiger partial charge in [-0.25, -0.2) is 8.42 Å². The molecule has 0 saturated carbocycles. The van der Waals surface area contributed by atoms with Crippen molar-refractivity contribution in [3.05, 3.63) is 48.0 Å². The van der Waals surface area contributed by atoms with Gasteiger partial charge in [-0.05, 0) is 50.6 Å². The third-order valence-electron chi connectivity index (χ3n) is 5.63. The predicted octanol–water partition coefficient (Wildman–Crippen LogP) is 2.13. The molecule has 190 valence electrons. The van der Waals surface area contributed by atoms with Gasteiger partial charge in [0, 0.05) is 19.2 Å². The van der Waals surface area contributed by atoms with E-state index in [9.17, 15) is 18.0 Å². The zero-order valence-corrected chi connectivity index (χ0v) is 21.1. The van der Waals surface area contributed by atoms with Crippen LogP contribution in [-0.2, 0) is 26.2 Å². The Morgan fingerprint density at radius 2 is 1.86 bits per heavy atom. The molecule has 1 aliphatic heterocycles. The second kappa shape index (κ2) is 11.3. The van der Waals surface area contributed by atoms with Crippen molar-refractivity contribution in [3.8, 4) is 17.2 Å². The molecule has 1 heterocycles. The number of rotatable bonds is 11. The molecule has 35 heavy (non-hydrogen) atoms. The lowest BCUT2D eigenvalue weighted by Gasteiger charge is -2.31. The molecule has 1 N–H and O–H groups in total. The highest BCUT2D eigenvalue weighted by Gasteiger charge is 2.31. The quantitative estimate of drug-likeness (QED) is 0.498. The molecule has 1 atom stereocenters. The van der Waals surface area contributed by atoms with E-state index in [1.807, 2.05) is 6.07 Å². The molecular weight excluding hydrogens is 474 g/mol. The Morgan fingerprint density at radius 3 is 2.54 bits per heavy atom. The molecule has 0 unspecified atom stereocenters. The molecule has 1 aliphatic rings. The summed E-state index contributed by atoms with van der Waals surface area (Å²) in [6.45, 7) is 4.95. The number of fused-ring (bicyclic) bond motifs is 1. The van der Waals surface area contributed by atoms with Crippen molar-refractivity contribution in [2.24, 2.45) is 0 Å². The smallest absolute Gasteiger partial charge is 0.244 e. The number of hydrogen-bond acceptors (Lipinski definition) is 7. The Hall–Kier alpha value is -3.47. The average molecular weight is 506 g/mol. The van der Waals surface area contributed by atoms with Gasteiger partial charge in [-0.1, -0.05) is 12.1 Å². The lowest BCUT2D eigenvalue weighted by Crippen LogP contribution is -2.51. The molecule has 11 heteroatoms. The van der Waals surface area contributed by atoms with Crippen molar-refractivity contribution in [1.29, 1.82) is 0 Å². The third kappa shape index (κ3) is 6.16. The molecule has 2 aromatic rings.